The van der Waals surface area contributed by atoms with Gasteiger partial charge in [0, 0.05) is 31.9 Å². The van der Waals surface area contributed by atoms with E-state index >= 15 is 0 Å². The molecule has 2 rings (SSSR count). The zero-order valence-electron chi connectivity index (χ0n) is 9.73. The molecule has 5 nitrogen and oxygen atoms in total. The Balaban J connectivity index is 1.99. The molecule has 4 N–H and O–H groups in total. The number of nitrogens with zero attached hydrogens (tertiary/aromatic N) is 1. The van der Waals surface area contributed by atoms with E-state index in [1.165, 1.54) is 0 Å². The molecule has 1 fully saturated rings. The molecule has 1 atom stereocenters. The minimum atomic E-state index is -0.0758. The predicted molar refractivity (Wildman–Crippen MR) is 67.9 cm³/mol. The highest BCUT2D eigenvalue weighted by atomic mass is 16.2. The molecule has 0 bridgehead atoms. The van der Waals surface area contributed by atoms with Crippen molar-refractivity contribution in [3.05, 3.63) is 30.3 Å². The number of anilines is 1. The van der Waals surface area contributed by atoms with E-state index in [1.807, 2.05) is 30.3 Å². The fourth-order valence-corrected chi connectivity index (χ4v) is 1.96. The van der Waals surface area contributed by atoms with Gasteiger partial charge in [-0.15, -0.1) is 0 Å². The lowest BCUT2D eigenvalue weighted by Crippen LogP contribution is -2.57. The number of benzene rings is 1. The number of nitrogens with one attached hydrogen (secondary N) is 2. The number of para-hydroxylation sites is 1. The highest BCUT2D eigenvalue weighted by Gasteiger charge is 2.25. The normalized spacial score (nSPS) is 20.1. The van der Waals surface area contributed by atoms with Gasteiger partial charge in [-0.2, -0.15) is 0 Å². The number of rotatable bonds is 2. The molecule has 17 heavy (non-hydrogen) atoms. The zero-order valence-corrected chi connectivity index (χ0v) is 9.73. The van der Waals surface area contributed by atoms with Crippen molar-refractivity contribution >= 4 is 11.7 Å². The molecule has 0 aromatic heterocycles. The summed E-state index contributed by atoms with van der Waals surface area (Å²) in [5, 5.41) is 6.11. The van der Waals surface area contributed by atoms with Crippen molar-refractivity contribution in [2.45, 2.75) is 6.04 Å². The summed E-state index contributed by atoms with van der Waals surface area (Å²) in [4.78, 5) is 13.9. The van der Waals surface area contributed by atoms with Gasteiger partial charge in [-0.05, 0) is 12.1 Å². The van der Waals surface area contributed by atoms with E-state index in [2.05, 4.69) is 10.6 Å². The molecule has 1 saturated heterocycles. The fourth-order valence-electron chi connectivity index (χ4n) is 1.96. The standard InChI is InChI=1S/C12H18N4O/c13-8-11-9-14-6-7-16(11)12(17)15-10-4-2-1-3-5-10/h1-5,11,14H,6-9,13H2,(H,15,17). The Labute approximate surface area is 101 Å². The van der Waals surface area contributed by atoms with Crippen molar-refractivity contribution in [1.82, 2.24) is 10.2 Å². The number of hydrogen-bond acceptors (Lipinski definition) is 3. The first-order valence-corrected chi connectivity index (χ1v) is 5.84. The van der Waals surface area contributed by atoms with Gasteiger partial charge in [0.15, 0.2) is 0 Å². The summed E-state index contributed by atoms with van der Waals surface area (Å²) in [6, 6.07) is 9.46. The third-order valence-electron chi connectivity index (χ3n) is 2.91. The summed E-state index contributed by atoms with van der Waals surface area (Å²) in [6.45, 7) is 2.76. The summed E-state index contributed by atoms with van der Waals surface area (Å²) in [6.07, 6.45) is 0. The van der Waals surface area contributed by atoms with Gasteiger partial charge >= 0.3 is 6.03 Å². The van der Waals surface area contributed by atoms with Gasteiger partial charge in [0.25, 0.3) is 0 Å². The van der Waals surface area contributed by atoms with Crippen LogP contribution in [0, 0.1) is 0 Å². The van der Waals surface area contributed by atoms with Gasteiger partial charge in [0.05, 0.1) is 6.04 Å². The summed E-state index contributed by atoms with van der Waals surface area (Å²) in [5.74, 6) is 0. The monoisotopic (exact) mass is 234 g/mol. The Hall–Kier alpha value is -1.59. The minimum Gasteiger partial charge on any atom is -0.328 e. The SMILES string of the molecule is NCC1CNCCN1C(=O)Nc1ccccc1. The maximum atomic E-state index is 12.1. The van der Waals surface area contributed by atoms with Crippen LogP contribution in [0.5, 0.6) is 0 Å². The molecular weight excluding hydrogens is 216 g/mol. The Morgan fingerprint density at radius 3 is 2.94 bits per heavy atom. The lowest BCUT2D eigenvalue weighted by atomic mass is 10.2. The number of carbonyl (C=O) groups excluding carboxylic acids is 1. The van der Waals surface area contributed by atoms with Crippen LogP contribution in [0.1, 0.15) is 0 Å². The molecule has 5 heteroatoms. The largest absolute Gasteiger partial charge is 0.328 e. The smallest absolute Gasteiger partial charge is 0.322 e. The number of hydrogen-bond donors (Lipinski definition) is 3. The van der Waals surface area contributed by atoms with Crippen LogP contribution in [0.15, 0.2) is 30.3 Å². The highest BCUT2D eigenvalue weighted by molar-refractivity contribution is 5.89. The average Bonchev–Trinajstić information content (AvgIpc) is 2.40. The molecule has 2 amide bonds. The van der Waals surface area contributed by atoms with Crippen molar-refractivity contribution in [1.29, 1.82) is 0 Å². The number of amides is 2. The third-order valence-corrected chi connectivity index (χ3v) is 2.91. The second kappa shape index (κ2) is 5.65. The lowest BCUT2D eigenvalue weighted by Gasteiger charge is -2.35. The second-order valence-electron chi connectivity index (χ2n) is 4.08. The predicted octanol–water partition coefficient (Wildman–Crippen LogP) is 0.451. The van der Waals surface area contributed by atoms with E-state index < -0.39 is 0 Å². The molecule has 0 saturated carbocycles. The Bertz CT molecular complexity index is 368. The fraction of sp³-hybridized carbons (Fsp3) is 0.417. The highest BCUT2D eigenvalue weighted by Crippen LogP contribution is 2.09. The van der Waals surface area contributed by atoms with Gasteiger partial charge in [-0.25, -0.2) is 4.79 Å². The van der Waals surface area contributed by atoms with Gasteiger partial charge in [0.2, 0.25) is 0 Å². The van der Waals surface area contributed by atoms with E-state index in [-0.39, 0.29) is 12.1 Å². The van der Waals surface area contributed by atoms with Crippen molar-refractivity contribution < 1.29 is 4.79 Å². The first-order valence-electron chi connectivity index (χ1n) is 5.84. The molecule has 0 spiro atoms. The summed E-state index contributed by atoms with van der Waals surface area (Å²) in [5.41, 5.74) is 6.48. The topological polar surface area (TPSA) is 70.4 Å². The van der Waals surface area contributed by atoms with E-state index in [0.29, 0.717) is 13.1 Å². The maximum Gasteiger partial charge on any atom is 0.322 e. The van der Waals surface area contributed by atoms with Crippen LogP contribution in [-0.4, -0.2) is 43.2 Å². The Morgan fingerprint density at radius 2 is 2.24 bits per heavy atom. The second-order valence-corrected chi connectivity index (χ2v) is 4.08. The molecule has 1 aromatic carbocycles. The van der Waals surface area contributed by atoms with Crippen molar-refractivity contribution in [3.8, 4) is 0 Å². The lowest BCUT2D eigenvalue weighted by molar-refractivity contribution is 0.173. The van der Waals surface area contributed by atoms with Crippen LogP contribution < -0.4 is 16.4 Å². The summed E-state index contributed by atoms with van der Waals surface area (Å²) < 4.78 is 0. The molecule has 1 aliphatic rings. The molecule has 1 aliphatic heterocycles. The van der Waals surface area contributed by atoms with Crippen molar-refractivity contribution in [2.24, 2.45) is 5.73 Å². The van der Waals surface area contributed by atoms with Gasteiger partial charge < -0.3 is 21.3 Å². The number of piperazine rings is 1. The van der Waals surface area contributed by atoms with Gasteiger partial charge in [0.1, 0.15) is 0 Å². The maximum absolute atomic E-state index is 12.1. The van der Waals surface area contributed by atoms with Crippen molar-refractivity contribution in [3.63, 3.8) is 0 Å². The Morgan fingerprint density at radius 1 is 1.47 bits per heavy atom. The quantitative estimate of drug-likeness (QED) is 0.696. The summed E-state index contributed by atoms with van der Waals surface area (Å²) in [7, 11) is 0. The summed E-state index contributed by atoms with van der Waals surface area (Å²) >= 11 is 0. The van der Waals surface area contributed by atoms with Crippen LogP contribution in [0.2, 0.25) is 0 Å². The van der Waals surface area contributed by atoms with Crippen LogP contribution in [0.25, 0.3) is 0 Å². The molecule has 92 valence electrons. The van der Waals surface area contributed by atoms with Crippen LogP contribution in [0.4, 0.5) is 10.5 Å². The third kappa shape index (κ3) is 2.95. The first-order chi connectivity index (χ1) is 8.31. The van der Waals surface area contributed by atoms with Crippen LogP contribution in [-0.2, 0) is 0 Å². The van der Waals surface area contributed by atoms with E-state index in [9.17, 15) is 4.79 Å². The molecule has 1 heterocycles. The molecule has 1 aromatic rings. The van der Waals surface area contributed by atoms with Crippen LogP contribution in [0.3, 0.4) is 0 Å². The van der Waals surface area contributed by atoms with Gasteiger partial charge in [-0.3, -0.25) is 0 Å². The first kappa shape index (κ1) is 11.9. The van der Waals surface area contributed by atoms with Crippen molar-refractivity contribution in [2.75, 3.05) is 31.5 Å². The molecule has 0 aliphatic carbocycles. The number of urea groups is 1. The minimum absolute atomic E-state index is 0.0758. The molecule has 1 unspecified atom stereocenters. The van der Waals surface area contributed by atoms with E-state index in [1.54, 1.807) is 4.90 Å². The average molecular weight is 234 g/mol. The van der Waals surface area contributed by atoms with Crippen LogP contribution >= 0.6 is 0 Å². The Kier molecular flexibility index (Phi) is 3.95. The molecular formula is C12H18N4O. The zero-order chi connectivity index (χ0) is 12.1. The number of carbonyl (C=O) groups is 1. The molecule has 0 radical (unpaired) electrons. The van der Waals surface area contributed by atoms with Gasteiger partial charge in [-0.1, -0.05) is 18.2 Å². The van der Waals surface area contributed by atoms with E-state index in [4.69, 9.17) is 5.73 Å². The van der Waals surface area contributed by atoms with E-state index in [0.717, 1.165) is 18.8 Å². The number of nitrogens with two attached hydrogens (primary N) is 1.